The number of carbonyl (C=O) groups is 1. The SMILES string of the molecule is O=C(N/N=C/c1ccc(Sc2ccc(Cl)cc2)o1)c1cccc(Cl)c1. The van der Waals surface area contributed by atoms with Gasteiger partial charge in [-0.1, -0.05) is 41.0 Å². The summed E-state index contributed by atoms with van der Waals surface area (Å²) in [5, 5.41) is 5.78. The highest BCUT2D eigenvalue weighted by molar-refractivity contribution is 7.99. The molecule has 7 heteroatoms. The van der Waals surface area contributed by atoms with Crippen molar-refractivity contribution in [3.05, 3.63) is 82.0 Å². The minimum atomic E-state index is -0.346. The molecule has 2 aromatic carbocycles. The number of rotatable bonds is 5. The molecule has 1 heterocycles. The second-order valence-electron chi connectivity index (χ2n) is 4.92. The Hall–Kier alpha value is -2.21. The first-order chi connectivity index (χ1) is 12.1. The zero-order valence-electron chi connectivity index (χ0n) is 12.8. The van der Waals surface area contributed by atoms with Crippen molar-refractivity contribution in [3.8, 4) is 0 Å². The summed E-state index contributed by atoms with van der Waals surface area (Å²) in [4.78, 5) is 12.9. The normalized spacial score (nSPS) is 11.0. The van der Waals surface area contributed by atoms with Crippen molar-refractivity contribution in [3.63, 3.8) is 0 Å². The molecule has 0 aliphatic heterocycles. The van der Waals surface area contributed by atoms with E-state index in [0.717, 1.165) is 4.90 Å². The van der Waals surface area contributed by atoms with Crippen molar-refractivity contribution in [1.29, 1.82) is 0 Å². The van der Waals surface area contributed by atoms with E-state index in [1.807, 2.05) is 30.3 Å². The average Bonchev–Trinajstić information content (AvgIpc) is 3.04. The van der Waals surface area contributed by atoms with Crippen molar-refractivity contribution in [2.75, 3.05) is 0 Å². The summed E-state index contributed by atoms with van der Waals surface area (Å²) in [7, 11) is 0. The molecule has 4 nitrogen and oxygen atoms in total. The molecule has 1 amide bonds. The number of furan rings is 1. The molecular weight excluding hydrogens is 379 g/mol. The van der Waals surface area contributed by atoms with Crippen molar-refractivity contribution < 1.29 is 9.21 Å². The largest absolute Gasteiger partial charge is 0.448 e. The van der Waals surface area contributed by atoms with Crippen LogP contribution in [0.5, 0.6) is 0 Å². The highest BCUT2D eigenvalue weighted by Gasteiger charge is 2.05. The van der Waals surface area contributed by atoms with Crippen LogP contribution in [-0.4, -0.2) is 12.1 Å². The third-order valence-electron chi connectivity index (χ3n) is 3.08. The monoisotopic (exact) mass is 390 g/mol. The smallest absolute Gasteiger partial charge is 0.271 e. The first-order valence-corrected chi connectivity index (χ1v) is 8.79. The van der Waals surface area contributed by atoms with Crippen LogP contribution in [0.1, 0.15) is 16.1 Å². The van der Waals surface area contributed by atoms with Gasteiger partial charge in [0.15, 0.2) is 5.09 Å². The van der Waals surface area contributed by atoms with Crippen LogP contribution in [0.2, 0.25) is 10.0 Å². The van der Waals surface area contributed by atoms with E-state index in [0.29, 0.717) is 26.5 Å². The number of nitrogens with one attached hydrogen (secondary N) is 1. The summed E-state index contributed by atoms with van der Waals surface area (Å²) in [5.41, 5.74) is 2.86. The zero-order chi connectivity index (χ0) is 17.6. The van der Waals surface area contributed by atoms with Crippen LogP contribution in [-0.2, 0) is 0 Å². The lowest BCUT2D eigenvalue weighted by Gasteiger charge is -1.99. The highest BCUT2D eigenvalue weighted by atomic mass is 35.5. The fraction of sp³-hybridized carbons (Fsp3) is 0. The molecule has 0 fully saturated rings. The van der Waals surface area contributed by atoms with Gasteiger partial charge in [-0.25, -0.2) is 5.43 Å². The average molecular weight is 391 g/mol. The van der Waals surface area contributed by atoms with Gasteiger partial charge in [-0.2, -0.15) is 5.10 Å². The zero-order valence-corrected chi connectivity index (χ0v) is 15.1. The summed E-state index contributed by atoms with van der Waals surface area (Å²) in [6.45, 7) is 0. The van der Waals surface area contributed by atoms with Crippen molar-refractivity contribution >= 4 is 47.1 Å². The summed E-state index contributed by atoms with van der Waals surface area (Å²) in [6, 6.07) is 17.7. The van der Waals surface area contributed by atoms with E-state index in [1.165, 1.54) is 18.0 Å². The lowest BCUT2D eigenvalue weighted by molar-refractivity contribution is 0.0955. The number of hydrogen-bond donors (Lipinski definition) is 1. The fourth-order valence-corrected chi connectivity index (χ4v) is 3.02. The van der Waals surface area contributed by atoms with Gasteiger partial charge in [0.1, 0.15) is 5.76 Å². The molecule has 0 aliphatic rings. The van der Waals surface area contributed by atoms with Crippen LogP contribution in [0.3, 0.4) is 0 Å². The van der Waals surface area contributed by atoms with E-state index in [4.69, 9.17) is 27.6 Å². The Morgan fingerprint density at radius 2 is 1.84 bits per heavy atom. The topological polar surface area (TPSA) is 54.6 Å². The quantitative estimate of drug-likeness (QED) is 0.462. The maximum absolute atomic E-state index is 11.9. The number of carbonyl (C=O) groups excluding carboxylic acids is 1. The standard InChI is InChI=1S/C18H12Cl2N2O2S/c19-13-4-7-16(8-5-13)25-17-9-6-15(24-17)11-21-22-18(23)12-2-1-3-14(20)10-12/h1-11H,(H,22,23)/b21-11+. The minimum absolute atomic E-state index is 0.346. The third kappa shape index (κ3) is 5.13. The van der Waals surface area contributed by atoms with Gasteiger partial charge in [-0.15, -0.1) is 0 Å². The van der Waals surface area contributed by atoms with Crippen LogP contribution in [0.4, 0.5) is 0 Å². The number of benzene rings is 2. The van der Waals surface area contributed by atoms with Crippen molar-refractivity contribution in [1.82, 2.24) is 5.43 Å². The van der Waals surface area contributed by atoms with Gasteiger partial charge >= 0.3 is 0 Å². The lowest BCUT2D eigenvalue weighted by atomic mass is 10.2. The van der Waals surface area contributed by atoms with Crippen LogP contribution in [0, 0.1) is 0 Å². The lowest BCUT2D eigenvalue weighted by Crippen LogP contribution is -2.17. The van der Waals surface area contributed by atoms with Crippen molar-refractivity contribution in [2.24, 2.45) is 5.10 Å². The molecule has 0 saturated carbocycles. The Morgan fingerprint density at radius 1 is 1.04 bits per heavy atom. The molecule has 25 heavy (non-hydrogen) atoms. The molecule has 3 rings (SSSR count). The molecule has 1 aromatic heterocycles. The first kappa shape index (κ1) is 17.6. The van der Waals surface area contributed by atoms with Gasteiger partial charge in [-0.3, -0.25) is 4.79 Å². The molecule has 0 saturated heterocycles. The summed E-state index contributed by atoms with van der Waals surface area (Å²) < 4.78 is 5.63. The predicted octanol–water partition coefficient (Wildman–Crippen LogP) is 5.50. The van der Waals surface area contributed by atoms with E-state index in [1.54, 1.807) is 30.3 Å². The number of amides is 1. The molecule has 0 spiro atoms. The minimum Gasteiger partial charge on any atom is -0.448 e. The fourth-order valence-electron chi connectivity index (χ4n) is 1.93. The van der Waals surface area contributed by atoms with Gasteiger partial charge in [0, 0.05) is 20.5 Å². The van der Waals surface area contributed by atoms with Crippen LogP contribution in [0.25, 0.3) is 0 Å². The van der Waals surface area contributed by atoms with E-state index in [2.05, 4.69) is 10.5 Å². The molecule has 3 aromatic rings. The molecule has 126 valence electrons. The summed E-state index contributed by atoms with van der Waals surface area (Å²) in [6.07, 6.45) is 1.44. The molecule has 1 N–H and O–H groups in total. The van der Waals surface area contributed by atoms with Gasteiger partial charge in [-0.05, 0) is 54.6 Å². The summed E-state index contributed by atoms with van der Waals surface area (Å²) >= 11 is 13.2. The molecule has 0 atom stereocenters. The molecule has 0 aliphatic carbocycles. The van der Waals surface area contributed by atoms with E-state index >= 15 is 0 Å². The highest BCUT2D eigenvalue weighted by Crippen LogP contribution is 2.29. The molecule has 0 bridgehead atoms. The second kappa shape index (κ2) is 8.25. The maximum Gasteiger partial charge on any atom is 0.271 e. The Bertz CT molecular complexity index is 907. The number of halogens is 2. The number of hydrazone groups is 1. The van der Waals surface area contributed by atoms with Gasteiger partial charge in [0.25, 0.3) is 5.91 Å². The number of nitrogens with zero attached hydrogens (tertiary/aromatic N) is 1. The molecular formula is C18H12Cl2N2O2S. The number of hydrogen-bond acceptors (Lipinski definition) is 4. The van der Waals surface area contributed by atoms with Crippen LogP contribution < -0.4 is 5.43 Å². The summed E-state index contributed by atoms with van der Waals surface area (Å²) in [5.74, 6) is 0.184. The molecule has 0 radical (unpaired) electrons. The van der Waals surface area contributed by atoms with E-state index in [-0.39, 0.29) is 5.91 Å². The molecule has 0 unspecified atom stereocenters. The Labute approximate surface area is 158 Å². The van der Waals surface area contributed by atoms with E-state index < -0.39 is 0 Å². The Balaban J connectivity index is 1.58. The van der Waals surface area contributed by atoms with E-state index in [9.17, 15) is 4.79 Å². The van der Waals surface area contributed by atoms with Crippen LogP contribution in [0.15, 0.2) is 80.2 Å². The predicted molar refractivity (Wildman–Crippen MR) is 101 cm³/mol. The van der Waals surface area contributed by atoms with Gasteiger partial charge in [0.2, 0.25) is 0 Å². The van der Waals surface area contributed by atoms with Crippen molar-refractivity contribution in [2.45, 2.75) is 9.99 Å². The van der Waals surface area contributed by atoms with Gasteiger partial charge < -0.3 is 4.42 Å². The first-order valence-electron chi connectivity index (χ1n) is 7.22. The van der Waals surface area contributed by atoms with Gasteiger partial charge in [0.05, 0.1) is 6.21 Å². The van der Waals surface area contributed by atoms with Crippen LogP contribution >= 0.6 is 35.0 Å². The second-order valence-corrected chi connectivity index (χ2v) is 6.87. The Kier molecular flexibility index (Phi) is 5.81. The third-order valence-corrected chi connectivity index (χ3v) is 4.49. The Morgan fingerprint density at radius 3 is 2.60 bits per heavy atom. The maximum atomic E-state index is 11.9.